The maximum atomic E-state index is 12.5. The maximum Gasteiger partial charge on any atom is 0.270 e. The molecule has 27 heavy (non-hydrogen) atoms. The number of ether oxygens (including phenoxy) is 1. The van der Waals surface area contributed by atoms with E-state index in [2.05, 4.69) is 25.6 Å². The maximum absolute atomic E-state index is 12.5. The van der Waals surface area contributed by atoms with Crippen LogP contribution in [-0.4, -0.2) is 27.5 Å². The summed E-state index contributed by atoms with van der Waals surface area (Å²) in [5, 5.41) is 5.99. The van der Waals surface area contributed by atoms with Crippen LogP contribution in [0.15, 0.2) is 54.9 Å². The minimum atomic E-state index is -0.265. The molecule has 0 aliphatic rings. The van der Waals surface area contributed by atoms with E-state index in [-0.39, 0.29) is 5.91 Å². The van der Waals surface area contributed by atoms with Crippen molar-refractivity contribution < 1.29 is 9.53 Å². The van der Waals surface area contributed by atoms with Gasteiger partial charge in [0.2, 0.25) is 5.95 Å². The highest BCUT2D eigenvalue weighted by atomic mass is 16.5. The van der Waals surface area contributed by atoms with E-state index in [1.165, 1.54) is 0 Å². The monoisotopic (exact) mass is 363 g/mol. The molecule has 2 aromatic heterocycles. The molecule has 1 amide bonds. The minimum absolute atomic E-state index is 0.265. The van der Waals surface area contributed by atoms with Crippen molar-refractivity contribution in [1.29, 1.82) is 0 Å². The number of hydrogen-bond acceptors (Lipinski definition) is 6. The van der Waals surface area contributed by atoms with Gasteiger partial charge in [0.15, 0.2) is 0 Å². The van der Waals surface area contributed by atoms with Crippen molar-refractivity contribution in [3.05, 3.63) is 71.8 Å². The molecule has 0 aliphatic carbocycles. The number of nitrogens with zero attached hydrogens (tertiary/aromatic N) is 3. The van der Waals surface area contributed by atoms with E-state index in [1.807, 2.05) is 50.2 Å². The van der Waals surface area contributed by atoms with Crippen LogP contribution in [0.4, 0.5) is 11.6 Å². The lowest BCUT2D eigenvalue weighted by molar-refractivity contribution is 0.0945. The van der Waals surface area contributed by atoms with E-state index in [4.69, 9.17) is 4.74 Å². The minimum Gasteiger partial charge on any atom is -0.492 e. The molecule has 0 bridgehead atoms. The smallest absolute Gasteiger partial charge is 0.270 e. The Morgan fingerprint density at radius 1 is 1.11 bits per heavy atom. The van der Waals surface area contributed by atoms with E-state index < -0.39 is 0 Å². The van der Waals surface area contributed by atoms with Crippen LogP contribution >= 0.6 is 0 Å². The molecular weight excluding hydrogens is 342 g/mol. The molecule has 0 radical (unpaired) electrons. The Morgan fingerprint density at radius 2 is 1.89 bits per heavy atom. The number of hydrogen-bond donors (Lipinski definition) is 2. The van der Waals surface area contributed by atoms with Crippen molar-refractivity contribution in [1.82, 2.24) is 20.3 Å². The third kappa shape index (κ3) is 5.01. The molecule has 7 heteroatoms. The topological polar surface area (TPSA) is 89.0 Å². The Morgan fingerprint density at radius 3 is 2.67 bits per heavy atom. The van der Waals surface area contributed by atoms with Gasteiger partial charge in [0.25, 0.3) is 5.91 Å². The van der Waals surface area contributed by atoms with Crippen molar-refractivity contribution in [2.75, 3.05) is 11.9 Å². The molecule has 0 aliphatic heterocycles. The van der Waals surface area contributed by atoms with Gasteiger partial charge in [-0.05, 0) is 49.7 Å². The molecule has 3 aromatic rings. The fraction of sp³-hybridized carbons (Fsp3) is 0.200. The highest BCUT2D eigenvalue weighted by Crippen LogP contribution is 2.26. The first kappa shape index (κ1) is 18.3. The Bertz CT molecular complexity index is 915. The fourth-order valence-electron chi connectivity index (χ4n) is 2.49. The second kappa shape index (κ2) is 8.75. The zero-order chi connectivity index (χ0) is 19.1. The normalized spacial score (nSPS) is 10.3. The van der Waals surface area contributed by atoms with E-state index in [1.54, 1.807) is 18.5 Å². The third-order valence-corrected chi connectivity index (χ3v) is 3.72. The van der Waals surface area contributed by atoms with Crippen LogP contribution < -0.4 is 15.4 Å². The Hall–Kier alpha value is -3.48. The third-order valence-electron chi connectivity index (χ3n) is 3.72. The van der Waals surface area contributed by atoms with Crippen LogP contribution in [0.3, 0.4) is 0 Å². The molecule has 0 saturated carbocycles. The number of rotatable bonds is 7. The van der Waals surface area contributed by atoms with Gasteiger partial charge in [0.1, 0.15) is 11.4 Å². The summed E-state index contributed by atoms with van der Waals surface area (Å²) in [6.07, 6.45) is 3.38. The lowest BCUT2D eigenvalue weighted by Gasteiger charge is -2.12. The summed E-state index contributed by atoms with van der Waals surface area (Å²) in [5.41, 5.74) is 2.70. The fourth-order valence-corrected chi connectivity index (χ4v) is 2.49. The summed E-state index contributed by atoms with van der Waals surface area (Å²) < 4.78 is 5.60. The van der Waals surface area contributed by atoms with E-state index in [0.717, 1.165) is 11.3 Å². The molecule has 0 atom stereocenters. The molecule has 1 aromatic carbocycles. The van der Waals surface area contributed by atoms with Crippen LogP contribution in [0.5, 0.6) is 5.75 Å². The van der Waals surface area contributed by atoms with Gasteiger partial charge in [-0.3, -0.25) is 9.78 Å². The summed E-state index contributed by atoms with van der Waals surface area (Å²) in [7, 11) is 0. The SMILES string of the molecule is CCOc1ccccc1Nc1nc(C)cc(C(=O)NCc2ccncc2)n1. The zero-order valence-corrected chi connectivity index (χ0v) is 15.3. The highest BCUT2D eigenvalue weighted by Gasteiger charge is 2.12. The number of carbonyl (C=O) groups is 1. The number of carbonyl (C=O) groups excluding carboxylic acids is 1. The number of aromatic nitrogens is 3. The van der Waals surface area contributed by atoms with Crippen molar-refractivity contribution in [2.24, 2.45) is 0 Å². The van der Waals surface area contributed by atoms with Crippen molar-refractivity contribution in [3.8, 4) is 5.75 Å². The lowest BCUT2D eigenvalue weighted by atomic mass is 10.2. The molecule has 0 fully saturated rings. The average molecular weight is 363 g/mol. The van der Waals surface area contributed by atoms with Crippen molar-refractivity contribution in [3.63, 3.8) is 0 Å². The molecule has 3 rings (SSSR count). The van der Waals surface area contributed by atoms with Gasteiger partial charge in [-0.25, -0.2) is 9.97 Å². The van der Waals surface area contributed by atoms with Crippen molar-refractivity contribution >= 4 is 17.5 Å². The molecule has 7 nitrogen and oxygen atoms in total. The van der Waals surface area contributed by atoms with Gasteiger partial charge in [-0.15, -0.1) is 0 Å². The van der Waals surface area contributed by atoms with Crippen LogP contribution in [0.1, 0.15) is 28.7 Å². The van der Waals surface area contributed by atoms with Gasteiger partial charge < -0.3 is 15.4 Å². The molecule has 0 spiro atoms. The second-order valence-electron chi connectivity index (χ2n) is 5.81. The first-order valence-corrected chi connectivity index (χ1v) is 8.67. The highest BCUT2D eigenvalue weighted by molar-refractivity contribution is 5.92. The second-order valence-corrected chi connectivity index (χ2v) is 5.81. The number of para-hydroxylation sites is 2. The first-order chi connectivity index (χ1) is 13.2. The number of aryl methyl sites for hydroxylation is 1. The van der Waals surface area contributed by atoms with Crippen LogP contribution in [0.25, 0.3) is 0 Å². The standard InChI is InChI=1S/C20H21N5O2/c1-3-27-18-7-5-4-6-16(18)24-20-23-14(2)12-17(25-20)19(26)22-13-15-8-10-21-11-9-15/h4-12H,3,13H2,1-2H3,(H,22,26)(H,23,24,25). The van der Waals surface area contributed by atoms with Gasteiger partial charge in [0, 0.05) is 24.6 Å². The van der Waals surface area contributed by atoms with Gasteiger partial charge in [-0.2, -0.15) is 0 Å². The lowest BCUT2D eigenvalue weighted by Crippen LogP contribution is -2.24. The molecule has 2 N–H and O–H groups in total. The van der Waals surface area contributed by atoms with E-state index in [0.29, 0.717) is 36.2 Å². The summed E-state index contributed by atoms with van der Waals surface area (Å²) >= 11 is 0. The Labute approximate surface area is 157 Å². The molecule has 2 heterocycles. The molecular formula is C20H21N5O2. The number of nitrogens with one attached hydrogen (secondary N) is 2. The molecule has 0 unspecified atom stereocenters. The largest absolute Gasteiger partial charge is 0.492 e. The summed E-state index contributed by atoms with van der Waals surface area (Å²) in [6.45, 7) is 4.70. The van der Waals surface area contributed by atoms with Gasteiger partial charge in [-0.1, -0.05) is 12.1 Å². The predicted octanol–water partition coefficient (Wildman–Crippen LogP) is 3.25. The number of pyridine rings is 1. The van der Waals surface area contributed by atoms with Gasteiger partial charge in [0.05, 0.1) is 12.3 Å². The van der Waals surface area contributed by atoms with Crippen molar-refractivity contribution in [2.45, 2.75) is 20.4 Å². The van der Waals surface area contributed by atoms with Crippen LogP contribution in [0.2, 0.25) is 0 Å². The average Bonchev–Trinajstić information content (AvgIpc) is 2.68. The Balaban J connectivity index is 1.75. The molecule has 138 valence electrons. The van der Waals surface area contributed by atoms with Gasteiger partial charge >= 0.3 is 0 Å². The number of amides is 1. The zero-order valence-electron chi connectivity index (χ0n) is 15.3. The summed E-state index contributed by atoms with van der Waals surface area (Å²) in [6, 6.07) is 12.9. The summed E-state index contributed by atoms with van der Waals surface area (Å²) in [4.78, 5) is 25.1. The number of benzene rings is 1. The Kier molecular flexibility index (Phi) is 5.94. The van der Waals surface area contributed by atoms with E-state index >= 15 is 0 Å². The van der Waals surface area contributed by atoms with E-state index in [9.17, 15) is 4.79 Å². The van der Waals surface area contributed by atoms with Crippen LogP contribution in [0, 0.1) is 6.92 Å². The molecule has 0 saturated heterocycles. The predicted molar refractivity (Wildman–Crippen MR) is 103 cm³/mol. The quantitative estimate of drug-likeness (QED) is 0.670. The summed E-state index contributed by atoms with van der Waals surface area (Å²) in [5.74, 6) is 0.781. The number of anilines is 2. The first-order valence-electron chi connectivity index (χ1n) is 8.67. The van der Waals surface area contributed by atoms with Crippen LogP contribution in [-0.2, 0) is 6.54 Å².